The van der Waals surface area contributed by atoms with Crippen molar-refractivity contribution in [3.8, 4) is 0 Å². The summed E-state index contributed by atoms with van der Waals surface area (Å²) in [5.41, 5.74) is 3.72. The van der Waals surface area contributed by atoms with Crippen LogP contribution in [0.5, 0.6) is 0 Å². The van der Waals surface area contributed by atoms with Crippen molar-refractivity contribution in [2.75, 3.05) is 11.9 Å². The van der Waals surface area contributed by atoms with Gasteiger partial charge in [-0.1, -0.05) is 24.3 Å². The molecule has 0 radical (unpaired) electrons. The molecular formula is C16H16N2O2. The van der Waals surface area contributed by atoms with Gasteiger partial charge in [-0.15, -0.1) is 0 Å². The van der Waals surface area contributed by atoms with Crippen LogP contribution in [0.3, 0.4) is 0 Å². The summed E-state index contributed by atoms with van der Waals surface area (Å²) in [6.45, 7) is 3.35. The van der Waals surface area contributed by atoms with Crippen molar-refractivity contribution in [2.24, 2.45) is 0 Å². The average molecular weight is 268 g/mol. The summed E-state index contributed by atoms with van der Waals surface area (Å²) < 4.78 is 11.0. The molecule has 20 heavy (non-hydrogen) atoms. The van der Waals surface area contributed by atoms with Crippen molar-refractivity contribution in [2.45, 2.75) is 13.5 Å². The third-order valence-corrected chi connectivity index (χ3v) is 2.97. The fraction of sp³-hybridized carbons (Fsp3) is 0.188. The summed E-state index contributed by atoms with van der Waals surface area (Å²) in [5, 5.41) is 3.16. The van der Waals surface area contributed by atoms with Gasteiger partial charge in [0.1, 0.15) is 5.52 Å². The molecule has 3 rings (SSSR count). The molecule has 1 aromatic heterocycles. The quantitative estimate of drug-likeness (QED) is 0.756. The highest BCUT2D eigenvalue weighted by atomic mass is 16.5. The fourth-order valence-electron chi connectivity index (χ4n) is 1.95. The van der Waals surface area contributed by atoms with Crippen LogP contribution in [0.15, 0.2) is 52.9 Å². The number of hydrogen-bond acceptors (Lipinski definition) is 4. The van der Waals surface area contributed by atoms with E-state index in [9.17, 15) is 0 Å². The molecule has 4 heteroatoms. The van der Waals surface area contributed by atoms with Crippen molar-refractivity contribution in [1.82, 2.24) is 4.98 Å². The Bertz CT molecular complexity index is 656. The van der Waals surface area contributed by atoms with Gasteiger partial charge in [0.2, 0.25) is 0 Å². The molecule has 0 fully saturated rings. The summed E-state index contributed by atoms with van der Waals surface area (Å²) in [5.74, 6) is 0. The number of ether oxygens (including phenoxy) is 1. The van der Waals surface area contributed by atoms with E-state index in [0.29, 0.717) is 12.6 Å². The minimum Gasteiger partial charge on any atom is -0.423 e. The van der Waals surface area contributed by atoms with E-state index in [1.807, 2.05) is 55.5 Å². The van der Waals surface area contributed by atoms with Crippen LogP contribution in [-0.2, 0) is 11.3 Å². The molecule has 3 aromatic rings. The molecule has 1 heterocycles. The molecule has 0 aliphatic heterocycles. The van der Waals surface area contributed by atoms with Gasteiger partial charge in [0.25, 0.3) is 6.01 Å². The molecule has 0 amide bonds. The first-order valence-electron chi connectivity index (χ1n) is 6.64. The third-order valence-electron chi connectivity index (χ3n) is 2.97. The van der Waals surface area contributed by atoms with E-state index in [1.165, 1.54) is 0 Å². The fourth-order valence-corrected chi connectivity index (χ4v) is 1.95. The number of benzene rings is 2. The first-order valence-corrected chi connectivity index (χ1v) is 6.64. The van der Waals surface area contributed by atoms with Crippen molar-refractivity contribution in [3.05, 3.63) is 54.1 Å². The van der Waals surface area contributed by atoms with Gasteiger partial charge < -0.3 is 14.5 Å². The van der Waals surface area contributed by atoms with Gasteiger partial charge in [-0.2, -0.15) is 4.98 Å². The van der Waals surface area contributed by atoms with Crippen LogP contribution in [0.1, 0.15) is 12.5 Å². The first-order chi connectivity index (χ1) is 9.85. The molecule has 0 spiro atoms. The van der Waals surface area contributed by atoms with E-state index < -0.39 is 0 Å². The average Bonchev–Trinajstić information content (AvgIpc) is 2.89. The Morgan fingerprint density at radius 2 is 1.90 bits per heavy atom. The zero-order valence-electron chi connectivity index (χ0n) is 11.3. The maximum absolute atomic E-state index is 5.62. The molecule has 1 N–H and O–H groups in total. The molecular weight excluding hydrogens is 252 g/mol. The Labute approximate surface area is 117 Å². The Balaban J connectivity index is 1.73. The van der Waals surface area contributed by atoms with Gasteiger partial charge in [-0.05, 0) is 36.8 Å². The first kappa shape index (κ1) is 12.7. The third kappa shape index (κ3) is 2.81. The summed E-state index contributed by atoms with van der Waals surface area (Å²) >= 11 is 0. The highest BCUT2D eigenvalue weighted by Gasteiger charge is 2.04. The van der Waals surface area contributed by atoms with Gasteiger partial charge in [-0.25, -0.2) is 0 Å². The zero-order valence-corrected chi connectivity index (χ0v) is 11.3. The highest BCUT2D eigenvalue weighted by Crippen LogP contribution is 2.22. The highest BCUT2D eigenvalue weighted by molar-refractivity contribution is 5.75. The van der Waals surface area contributed by atoms with Crippen molar-refractivity contribution in [1.29, 1.82) is 0 Å². The second kappa shape index (κ2) is 5.75. The van der Waals surface area contributed by atoms with E-state index in [0.717, 1.165) is 29.0 Å². The summed E-state index contributed by atoms with van der Waals surface area (Å²) in [7, 11) is 0. The molecule has 4 nitrogen and oxygen atoms in total. The minimum absolute atomic E-state index is 0.503. The second-order valence-electron chi connectivity index (χ2n) is 4.45. The van der Waals surface area contributed by atoms with E-state index in [-0.39, 0.29) is 0 Å². The lowest BCUT2D eigenvalue weighted by molar-refractivity contribution is 0.134. The van der Waals surface area contributed by atoms with Crippen LogP contribution in [0.2, 0.25) is 0 Å². The second-order valence-corrected chi connectivity index (χ2v) is 4.45. The van der Waals surface area contributed by atoms with Gasteiger partial charge in [0, 0.05) is 12.3 Å². The molecule has 0 saturated heterocycles. The number of nitrogens with one attached hydrogen (secondary N) is 1. The topological polar surface area (TPSA) is 47.3 Å². The maximum atomic E-state index is 5.62. The van der Waals surface area contributed by atoms with Crippen molar-refractivity contribution in [3.63, 3.8) is 0 Å². The molecule has 0 aliphatic rings. The predicted octanol–water partition coefficient (Wildman–Crippen LogP) is 4.11. The molecule has 0 atom stereocenters. The Hall–Kier alpha value is -2.33. The lowest BCUT2D eigenvalue weighted by Gasteiger charge is -2.04. The lowest BCUT2D eigenvalue weighted by Crippen LogP contribution is -1.93. The monoisotopic (exact) mass is 268 g/mol. The number of rotatable bonds is 5. The van der Waals surface area contributed by atoms with E-state index >= 15 is 0 Å². The normalized spacial score (nSPS) is 10.8. The minimum atomic E-state index is 0.503. The zero-order chi connectivity index (χ0) is 13.8. The van der Waals surface area contributed by atoms with Gasteiger partial charge in [-0.3, -0.25) is 0 Å². The Morgan fingerprint density at radius 1 is 1.10 bits per heavy atom. The van der Waals surface area contributed by atoms with E-state index in [1.54, 1.807) is 0 Å². The standard InChI is InChI=1S/C16H16N2O2/c1-2-19-11-12-7-9-13(10-8-12)17-16-18-14-5-3-4-6-15(14)20-16/h3-10H,2,11H2,1H3,(H,17,18). The van der Waals surface area contributed by atoms with Gasteiger partial charge >= 0.3 is 0 Å². The molecule has 0 saturated carbocycles. The van der Waals surface area contributed by atoms with E-state index in [4.69, 9.17) is 9.15 Å². The summed E-state index contributed by atoms with van der Waals surface area (Å²) in [6.07, 6.45) is 0. The molecule has 2 aromatic carbocycles. The Kier molecular flexibility index (Phi) is 3.65. The van der Waals surface area contributed by atoms with Crippen LogP contribution in [-0.4, -0.2) is 11.6 Å². The van der Waals surface area contributed by atoms with Crippen LogP contribution in [0, 0.1) is 0 Å². The van der Waals surface area contributed by atoms with Crippen molar-refractivity contribution < 1.29 is 9.15 Å². The largest absolute Gasteiger partial charge is 0.423 e. The van der Waals surface area contributed by atoms with Crippen LogP contribution >= 0.6 is 0 Å². The molecule has 0 unspecified atom stereocenters. The number of nitrogens with zero attached hydrogens (tertiary/aromatic N) is 1. The Morgan fingerprint density at radius 3 is 2.65 bits per heavy atom. The number of anilines is 2. The lowest BCUT2D eigenvalue weighted by atomic mass is 10.2. The van der Waals surface area contributed by atoms with Crippen LogP contribution < -0.4 is 5.32 Å². The number of oxazole rings is 1. The summed E-state index contributed by atoms with van der Waals surface area (Å²) in [4.78, 5) is 4.38. The van der Waals surface area contributed by atoms with Crippen molar-refractivity contribution >= 4 is 22.8 Å². The molecule has 0 bridgehead atoms. The number of fused-ring (bicyclic) bond motifs is 1. The smallest absolute Gasteiger partial charge is 0.300 e. The van der Waals surface area contributed by atoms with Gasteiger partial charge in [0.05, 0.1) is 6.61 Å². The number of aromatic nitrogens is 1. The van der Waals surface area contributed by atoms with E-state index in [2.05, 4.69) is 10.3 Å². The van der Waals surface area contributed by atoms with Crippen LogP contribution in [0.25, 0.3) is 11.1 Å². The maximum Gasteiger partial charge on any atom is 0.300 e. The predicted molar refractivity (Wildman–Crippen MR) is 79.1 cm³/mol. The molecule has 0 aliphatic carbocycles. The van der Waals surface area contributed by atoms with Crippen LogP contribution in [0.4, 0.5) is 11.7 Å². The SMILES string of the molecule is CCOCc1ccc(Nc2nc3ccccc3o2)cc1. The van der Waals surface area contributed by atoms with Gasteiger partial charge in [0.15, 0.2) is 5.58 Å². The number of para-hydroxylation sites is 2. The number of hydrogen-bond donors (Lipinski definition) is 1. The molecule has 102 valence electrons. The summed E-state index contributed by atoms with van der Waals surface area (Å²) in [6, 6.07) is 16.2.